The average molecular weight is 581 g/mol. The summed E-state index contributed by atoms with van der Waals surface area (Å²) in [6.07, 6.45) is 2.34. The number of aryl methyl sites for hydroxylation is 1. The minimum Gasteiger partial charge on any atom is -0.475 e. The molecule has 7 nitrogen and oxygen atoms in total. The topological polar surface area (TPSA) is 92.9 Å². The number of nitrogens with one attached hydrogen (secondary N) is 1. The SMILES string of the molecule is Cc1cccc(-c2nc3nc(C(=O)O)nc(N[C@H](C)C4CC4)c3n2C(C)c2ccc(CI)cc2)c1. The van der Waals surface area contributed by atoms with Gasteiger partial charge in [0, 0.05) is 16.0 Å². The molecule has 2 aromatic carbocycles. The van der Waals surface area contributed by atoms with E-state index in [1.165, 1.54) is 18.4 Å². The Morgan fingerprint density at radius 1 is 1.14 bits per heavy atom. The van der Waals surface area contributed by atoms with E-state index < -0.39 is 5.97 Å². The summed E-state index contributed by atoms with van der Waals surface area (Å²) in [6.45, 7) is 6.31. The second-order valence-corrected chi connectivity index (χ2v) is 10.1. The largest absolute Gasteiger partial charge is 0.475 e. The van der Waals surface area contributed by atoms with Crippen LogP contribution in [0.4, 0.5) is 5.82 Å². The number of alkyl halides is 1. The van der Waals surface area contributed by atoms with Crippen LogP contribution in [0.25, 0.3) is 22.6 Å². The van der Waals surface area contributed by atoms with Crippen molar-refractivity contribution in [2.24, 2.45) is 5.92 Å². The van der Waals surface area contributed by atoms with Crippen molar-refractivity contribution in [3.8, 4) is 11.4 Å². The van der Waals surface area contributed by atoms with E-state index in [0.29, 0.717) is 17.4 Å². The normalized spacial score (nSPS) is 15.2. The highest BCUT2D eigenvalue weighted by Gasteiger charge is 2.31. The molecule has 0 spiro atoms. The van der Waals surface area contributed by atoms with Crippen LogP contribution in [0, 0.1) is 12.8 Å². The summed E-state index contributed by atoms with van der Waals surface area (Å²) < 4.78 is 3.10. The quantitative estimate of drug-likeness (QED) is 0.189. The molecule has 1 unspecified atom stereocenters. The van der Waals surface area contributed by atoms with Gasteiger partial charge < -0.3 is 15.0 Å². The number of hydrogen-bond donors (Lipinski definition) is 2. The first-order chi connectivity index (χ1) is 16.9. The standard InChI is InChI=1S/C27H28IN5O2/c1-15-5-4-6-21(13-15)26-32-24-22(33(26)17(3)20-9-7-18(14-28)8-10-20)23(29-16(2)19-11-12-19)30-25(31-24)27(34)35/h4-10,13,16-17,19H,11-12,14H2,1-3H3,(H,34,35)(H,29,30,31)/t16-,17?/m1/s1. The van der Waals surface area contributed by atoms with Crippen molar-refractivity contribution in [1.82, 2.24) is 19.5 Å². The zero-order valence-corrected chi connectivity index (χ0v) is 22.2. The van der Waals surface area contributed by atoms with Crippen molar-refractivity contribution in [3.05, 3.63) is 71.0 Å². The van der Waals surface area contributed by atoms with Crippen LogP contribution < -0.4 is 5.32 Å². The Bertz CT molecular complexity index is 1390. The molecule has 35 heavy (non-hydrogen) atoms. The number of imidazole rings is 1. The number of hydrogen-bond acceptors (Lipinski definition) is 5. The summed E-state index contributed by atoms with van der Waals surface area (Å²) in [5.41, 5.74) is 5.59. The molecule has 0 radical (unpaired) electrons. The highest BCUT2D eigenvalue weighted by Crippen LogP contribution is 2.37. The van der Waals surface area contributed by atoms with E-state index in [1.54, 1.807) is 0 Å². The molecule has 2 N–H and O–H groups in total. The lowest BCUT2D eigenvalue weighted by Crippen LogP contribution is -2.21. The number of rotatable bonds is 8. The minimum atomic E-state index is -1.16. The van der Waals surface area contributed by atoms with Crippen LogP contribution in [0.15, 0.2) is 48.5 Å². The lowest BCUT2D eigenvalue weighted by molar-refractivity contribution is 0.0684. The summed E-state index contributed by atoms with van der Waals surface area (Å²) >= 11 is 2.37. The van der Waals surface area contributed by atoms with Crippen LogP contribution in [-0.4, -0.2) is 36.6 Å². The smallest absolute Gasteiger partial charge is 0.374 e. The van der Waals surface area contributed by atoms with Gasteiger partial charge in [-0.25, -0.2) is 19.7 Å². The molecule has 2 atom stereocenters. The summed E-state index contributed by atoms with van der Waals surface area (Å²) in [6, 6.07) is 16.9. The Morgan fingerprint density at radius 2 is 1.89 bits per heavy atom. The first-order valence-corrected chi connectivity index (χ1v) is 13.4. The van der Waals surface area contributed by atoms with E-state index in [-0.39, 0.29) is 17.9 Å². The van der Waals surface area contributed by atoms with E-state index in [0.717, 1.165) is 32.5 Å². The van der Waals surface area contributed by atoms with Gasteiger partial charge in [0.2, 0.25) is 5.82 Å². The summed E-state index contributed by atoms with van der Waals surface area (Å²) in [7, 11) is 0. The van der Waals surface area contributed by atoms with Crippen LogP contribution in [0.1, 0.15) is 60.0 Å². The number of benzene rings is 2. The molecule has 1 fully saturated rings. The molecular formula is C27H28IN5O2. The lowest BCUT2D eigenvalue weighted by Gasteiger charge is -2.21. The van der Waals surface area contributed by atoms with E-state index >= 15 is 0 Å². The Labute approximate surface area is 218 Å². The molecule has 2 aromatic heterocycles. The molecular weight excluding hydrogens is 553 g/mol. The van der Waals surface area contributed by atoms with Gasteiger partial charge >= 0.3 is 5.97 Å². The van der Waals surface area contributed by atoms with Gasteiger partial charge in [0.05, 0.1) is 6.04 Å². The van der Waals surface area contributed by atoms with Crippen molar-refractivity contribution in [2.75, 3.05) is 5.32 Å². The minimum absolute atomic E-state index is 0.0742. The molecule has 1 aliphatic rings. The van der Waals surface area contributed by atoms with E-state index in [9.17, 15) is 9.90 Å². The lowest BCUT2D eigenvalue weighted by atomic mass is 10.1. The number of aromatic nitrogens is 4. The van der Waals surface area contributed by atoms with Crippen molar-refractivity contribution >= 4 is 45.5 Å². The monoisotopic (exact) mass is 581 g/mol. The van der Waals surface area contributed by atoms with Crippen LogP contribution in [0.5, 0.6) is 0 Å². The number of halogens is 1. The molecule has 5 rings (SSSR count). The van der Waals surface area contributed by atoms with Crippen LogP contribution in [-0.2, 0) is 4.43 Å². The number of aromatic carboxylic acids is 1. The second kappa shape index (κ2) is 9.56. The third-order valence-corrected chi connectivity index (χ3v) is 7.59. The average Bonchev–Trinajstić information content (AvgIpc) is 3.63. The van der Waals surface area contributed by atoms with Crippen LogP contribution in [0.2, 0.25) is 0 Å². The van der Waals surface area contributed by atoms with Gasteiger partial charge in [0.25, 0.3) is 0 Å². The third-order valence-electron chi connectivity index (χ3n) is 6.71. The summed E-state index contributed by atoms with van der Waals surface area (Å²) in [5.74, 6) is 0.423. The van der Waals surface area contributed by atoms with Crippen molar-refractivity contribution in [2.45, 2.75) is 50.1 Å². The molecule has 1 aliphatic carbocycles. The van der Waals surface area contributed by atoms with Crippen LogP contribution in [0.3, 0.4) is 0 Å². The van der Waals surface area contributed by atoms with Crippen molar-refractivity contribution in [3.63, 3.8) is 0 Å². The molecule has 0 saturated heterocycles. The Balaban J connectivity index is 1.76. The highest BCUT2D eigenvalue weighted by molar-refractivity contribution is 14.1. The van der Waals surface area contributed by atoms with Crippen LogP contribution >= 0.6 is 22.6 Å². The molecule has 180 valence electrons. The Kier molecular flexibility index (Phi) is 6.48. The van der Waals surface area contributed by atoms with Gasteiger partial charge in [-0.3, -0.25) is 0 Å². The van der Waals surface area contributed by atoms with Gasteiger partial charge in [0.1, 0.15) is 11.3 Å². The van der Waals surface area contributed by atoms with E-state index in [4.69, 9.17) is 4.98 Å². The molecule has 1 saturated carbocycles. The first kappa shape index (κ1) is 23.7. The Hall–Kier alpha value is -3.01. The maximum Gasteiger partial charge on any atom is 0.374 e. The fourth-order valence-corrected chi connectivity index (χ4v) is 5.04. The van der Waals surface area contributed by atoms with Gasteiger partial charge in [-0.05, 0) is 56.7 Å². The highest BCUT2D eigenvalue weighted by atomic mass is 127. The molecule has 4 aromatic rings. The molecule has 8 heteroatoms. The number of carboxylic acids is 1. The first-order valence-electron chi connectivity index (χ1n) is 11.9. The zero-order valence-electron chi connectivity index (χ0n) is 20.0. The summed E-state index contributed by atoms with van der Waals surface area (Å²) in [4.78, 5) is 25.6. The van der Waals surface area contributed by atoms with Gasteiger partial charge in [-0.15, -0.1) is 0 Å². The maximum atomic E-state index is 11.9. The number of fused-ring (bicyclic) bond motifs is 1. The molecule has 0 bridgehead atoms. The zero-order chi connectivity index (χ0) is 24.7. The van der Waals surface area contributed by atoms with Crippen molar-refractivity contribution < 1.29 is 9.90 Å². The fourth-order valence-electron chi connectivity index (χ4n) is 4.53. The third kappa shape index (κ3) is 4.76. The van der Waals surface area contributed by atoms with Gasteiger partial charge in [-0.1, -0.05) is 70.6 Å². The Morgan fingerprint density at radius 3 is 2.51 bits per heavy atom. The number of carboxylic acid groups (broad SMARTS) is 1. The maximum absolute atomic E-state index is 11.9. The van der Waals surface area contributed by atoms with Crippen molar-refractivity contribution in [1.29, 1.82) is 0 Å². The van der Waals surface area contributed by atoms with Gasteiger partial charge in [0.15, 0.2) is 11.5 Å². The molecule has 0 amide bonds. The van der Waals surface area contributed by atoms with Gasteiger partial charge in [-0.2, -0.15) is 0 Å². The predicted molar refractivity (Wildman–Crippen MR) is 146 cm³/mol. The summed E-state index contributed by atoms with van der Waals surface area (Å²) in [5, 5.41) is 13.2. The molecule has 0 aliphatic heterocycles. The van der Waals surface area contributed by atoms with E-state index in [2.05, 4.69) is 99.6 Å². The molecule has 2 heterocycles. The predicted octanol–water partition coefficient (Wildman–Crippen LogP) is 6.25. The number of anilines is 1. The fraction of sp³-hybridized carbons (Fsp3) is 0.333. The van der Waals surface area contributed by atoms with E-state index in [1.807, 2.05) is 12.1 Å². The second-order valence-electron chi connectivity index (χ2n) is 9.37. The number of nitrogens with zero attached hydrogens (tertiary/aromatic N) is 4. The number of carbonyl (C=O) groups is 1.